The van der Waals surface area contributed by atoms with Crippen LogP contribution in [0.2, 0.25) is 0 Å². The Bertz CT molecular complexity index is 673. The molecular weight excluding hydrogens is 322 g/mol. The molecule has 0 radical (unpaired) electrons. The maximum absolute atomic E-state index is 5.83. The van der Waals surface area contributed by atoms with Crippen molar-refractivity contribution in [1.82, 2.24) is 20.1 Å². The molecule has 1 fully saturated rings. The number of piperidine rings is 1. The second-order valence-corrected chi connectivity index (χ2v) is 6.64. The molecule has 0 bridgehead atoms. The van der Waals surface area contributed by atoms with E-state index in [4.69, 9.17) is 14.0 Å². The summed E-state index contributed by atoms with van der Waals surface area (Å²) in [5.41, 5.74) is 0. The van der Waals surface area contributed by atoms with Crippen molar-refractivity contribution < 1.29 is 14.0 Å². The van der Waals surface area contributed by atoms with Gasteiger partial charge in [-0.2, -0.15) is 4.98 Å². The Morgan fingerprint density at radius 3 is 2.72 bits per heavy atom. The van der Waals surface area contributed by atoms with Crippen LogP contribution in [0.25, 0.3) is 0 Å². The van der Waals surface area contributed by atoms with Gasteiger partial charge in [0.05, 0.1) is 25.1 Å². The van der Waals surface area contributed by atoms with Gasteiger partial charge in [-0.1, -0.05) is 19.0 Å². The van der Waals surface area contributed by atoms with Crippen LogP contribution in [-0.4, -0.2) is 53.0 Å². The summed E-state index contributed by atoms with van der Waals surface area (Å²) in [6.07, 6.45) is 4.36. The first-order chi connectivity index (χ1) is 12.1. The SMILES string of the molecule is COC1CN(c2nc(C(C)C)no2)CCC1COc1cnc(C)nc1. The number of methoxy groups -OCH3 is 1. The largest absolute Gasteiger partial charge is 0.490 e. The first-order valence-corrected chi connectivity index (χ1v) is 8.59. The zero-order valence-corrected chi connectivity index (χ0v) is 15.2. The molecule has 8 heteroatoms. The highest BCUT2D eigenvalue weighted by Gasteiger charge is 2.32. The number of anilines is 1. The molecule has 1 aliphatic rings. The molecule has 0 spiro atoms. The van der Waals surface area contributed by atoms with Gasteiger partial charge in [0.15, 0.2) is 11.6 Å². The third-order valence-corrected chi connectivity index (χ3v) is 4.44. The van der Waals surface area contributed by atoms with Crippen LogP contribution in [0, 0.1) is 12.8 Å². The van der Waals surface area contributed by atoms with Crippen LogP contribution in [0.3, 0.4) is 0 Å². The van der Waals surface area contributed by atoms with Gasteiger partial charge < -0.3 is 18.9 Å². The van der Waals surface area contributed by atoms with E-state index in [0.29, 0.717) is 24.9 Å². The molecule has 1 saturated heterocycles. The van der Waals surface area contributed by atoms with Gasteiger partial charge in [0.25, 0.3) is 0 Å². The van der Waals surface area contributed by atoms with Crippen molar-refractivity contribution in [3.8, 4) is 5.75 Å². The normalized spacial score (nSPS) is 20.9. The monoisotopic (exact) mass is 347 g/mol. The summed E-state index contributed by atoms with van der Waals surface area (Å²) in [6, 6.07) is 0.567. The highest BCUT2D eigenvalue weighted by atomic mass is 16.5. The number of rotatable bonds is 6. The minimum Gasteiger partial charge on any atom is -0.490 e. The van der Waals surface area contributed by atoms with Crippen LogP contribution >= 0.6 is 0 Å². The van der Waals surface area contributed by atoms with Gasteiger partial charge in [-0.25, -0.2) is 9.97 Å². The number of nitrogens with zero attached hydrogens (tertiary/aromatic N) is 5. The Kier molecular flexibility index (Phi) is 5.47. The predicted molar refractivity (Wildman–Crippen MR) is 91.8 cm³/mol. The van der Waals surface area contributed by atoms with Gasteiger partial charge in [0, 0.05) is 32.0 Å². The Morgan fingerprint density at radius 1 is 1.32 bits per heavy atom. The average Bonchev–Trinajstić information content (AvgIpc) is 3.11. The van der Waals surface area contributed by atoms with E-state index in [1.165, 1.54) is 0 Å². The van der Waals surface area contributed by atoms with E-state index in [1.54, 1.807) is 19.5 Å². The van der Waals surface area contributed by atoms with Gasteiger partial charge in [0.2, 0.25) is 0 Å². The molecule has 0 saturated carbocycles. The van der Waals surface area contributed by atoms with E-state index in [9.17, 15) is 0 Å². The lowest BCUT2D eigenvalue weighted by Crippen LogP contribution is -2.47. The zero-order valence-electron chi connectivity index (χ0n) is 15.2. The van der Waals surface area contributed by atoms with Crippen molar-refractivity contribution in [3.05, 3.63) is 24.0 Å². The molecule has 25 heavy (non-hydrogen) atoms. The molecule has 0 N–H and O–H groups in total. The van der Waals surface area contributed by atoms with Crippen molar-refractivity contribution >= 4 is 6.01 Å². The van der Waals surface area contributed by atoms with Crippen molar-refractivity contribution in [2.45, 2.75) is 39.2 Å². The maximum atomic E-state index is 5.83. The number of hydrogen-bond acceptors (Lipinski definition) is 8. The van der Waals surface area contributed by atoms with Gasteiger partial charge >= 0.3 is 6.01 Å². The van der Waals surface area contributed by atoms with Crippen LogP contribution < -0.4 is 9.64 Å². The number of aromatic nitrogens is 4. The molecule has 0 aliphatic carbocycles. The minimum absolute atomic E-state index is 0.0366. The Hall–Kier alpha value is -2.22. The van der Waals surface area contributed by atoms with Crippen LogP contribution in [0.1, 0.15) is 37.8 Å². The fourth-order valence-electron chi connectivity index (χ4n) is 2.84. The second-order valence-electron chi connectivity index (χ2n) is 6.64. The smallest absolute Gasteiger partial charge is 0.324 e. The lowest BCUT2D eigenvalue weighted by Gasteiger charge is -2.36. The number of ether oxygens (including phenoxy) is 2. The van der Waals surface area contributed by atoms with Crippen LogP contribution in [-0.2, 0) is 4.74 Å². The third-order valence-electron chi connectivity index (χ3n) is 4.44. The molecule has 2 atom stereocenters. The molecule has 0 aromatic carbocycles. The van der Waals surface area contributed by atoms with Crippen LogP contribution in [0.5, 0.6) is 5.75 Å². The topological polar surface area (TPSA) is 86.4 Å². The van der Waals surface area contributed by atoms with Crippen molar-refractivity contribution in [3.63, 3.8) is 0 Å². The summed E-state index contributed by atoms with van der Waals surface area (Å²) in [5, 5.41) is 4.04. The molecule has 8 nitrogen and oxygen atoms in total. The van der Waals surface area contributed by atoms with E-state index in [1.807, 2.05) is 20.8 Å². The molecule has 3 rings (SSSR count). The molecule has 2 unspecified atom stereocenters. The lowest BCUT2D eigenvalue weighted by atomic mass is 9.95. The quantitative estimate of drug-likeness (QED) is 0.786. The van der Waals surface area contributed by atoms with Gasteiger partial charge in [-0.05, 0) is 13.3 Å². The Balaban J connectivity index is 1.58. The summed E-state index contributed by atoms with van der Waals surface area (Å²) in [4.78, 5) is 14.8. The molecule has 136 valence electrons. The van der Waals surface area contributed by atoms with Crippen LogP contribution in [0.15, 0.2) is 16.9 Å². The molecular formula is C17H25N5O3. The molecule has 3 heterocycles. The standard InChI is InChI=1S/C17H25N5O3/c1-11(2)16-20-17(25-21-16)22-6-5-13(15(9-22)23-4)10-24-14-7-18-12(3)19-8-14/h7-8,11,13,15H,5-6,9-10H2,1-4H3. The lowest BCUT2D eigenvalue weighted by molar-refractivity contribution is 0.0206. The van der Waals surface area contributed by atoms with E-state index in [2.05, 4.69) is 25.0 Å². The zero-order chi connectivity index (χ0) is 17.8. The van der Waals surface area contributed by atoms with Crippen molar-refractivity contribution in [2.75, 3.05) is 31.7 Å². The molecule has 2 aromatic rings. The first-order valence-electron chi connectivity index (χ1n) is 8.59. The molecule has 1 aliphatic heterocycles. The van der Waals surface area contributed by atoms with Crippen molar-refractivity contribution in [2.24, 2.45) is 5.92 Å². The van der Waals surface area contributed by atoms with Gasteiger partial charge in [0.1, 0.15) is 5.82 Å². The highest BCUT2D eigenvalue weighted by Crippen LogP contribution is 2.26. The van der Waals surface area contributed by atoms with Gasteiger partial charge in [-0.15, -0.1) is 0 Å². The van der Waals surface area contributed by atoms with Crippen LogP contribution in [0.4, 0.5) is 6.01 Å². The first kappa shape index (κ1) is 17.6. The number of hydrogen-bond donors (Lipinski definition) is 0. The summed E-state index contributed by atoms with van der Waals surface area (Å²) in [5.74, 6) is 2.68. The third kappa shape index (κ3) is 4.25. The minimum atomic E-state index is 0.0366. The number of aryl methyl sites for hydroxylation is 1. The Morgan fingerprint density at radius 2 is 2.08 bits per heavy atom. The molecule has 0 amide bonds. The van der Waals surface area contributed by atoms with E-state index < -0.39 is 0 Å². The summed E-state index contributed by atoms with van der Waals surface area (Å²) < 4.78 is 16.9. The highest BCUT2D eigenvalue weighted by molar-refractivity contribution is 5.27. The summed E-state index contributed by atoms with van der Waals surface area (Å²) in [6.45, 7) is 8.05. The van der Waals surface area contributed by atoms with Crippen molar-refractivity contribution in [1.29, 1.82) is 0 Å². The fourth-order valence-corrected chi connectivity index (χ4v) is 2.84. The van der Waals surface area contributed by atoms with E-state index >= 15 is 0 Å². The predicted octanol–water partition coefficient (Wildman–Crippen LogP) is 2.21. The molecule has 2 aromatic heterocycles. The summed E-state index contributed by atoms with van der Waals surface area (Å²) >= 11 is 0. The maximum Gasteiger partial charge on any atom is 0.324 e. The van der Waals surface area contributed by atoms with Gasteiger partial charge in [-0.3, -0.25) is 0 Å². The second kappa shape index (κ2) is 7.77. The Labute approximate surface area is 147 Å². The van der Waals surface area contributed by atoms with E-state index in [-0.39, 0.29) is 17.9 Å². The fraction of sp³-hybridized carbons (Fsp3) is 0.647. The van der Waals surface area contributed by atoms with E-state index in [0.717, 1.165) is 24.6 Å². The average molecular weight is 347 g/mol. The summed E-state index contributed by atoms with van der Waals surface area (Å²) in [7, 11) is 1.73.